The van der Waals surface area contributed by atoms with Gasteiger partial charge in [0, 0.05) is 32.7 Å². The van der Waals surface area contributed by atoms with E-state index in [0.717, 1.165) is 32.3 Å². The van der Waals surface area contributed by atoms with Crippen molar-refractivity contribution in [2.45, 2.75) is 50.4 Å². The molecule has 3 N–H and O–H groups in total. The fourth-order valence-electron chi connectivity index (χ4n) is 4.61. The lowest BCUT2D eigenvalue weighted by atomic mass is 9.99. The van der Waals surface area contributed by atoms with Crippen LogP contribution < -0.4 is 15.8 Å². The highest BCUT2D eigenvalue weighted by Crippen LogP contribution is 2.29. The molecule has 0 radical (unpaired) electrons. The molecule has 0 aliphatic carbocycles. The van der Waals surface area contributed by atoms with Gasteiger partial charge in [-0.05, 0) is 38.4 Å². The van der Waals surface area contributed by atoms with E-state index in [1.54, 1.807) is 13.2 Å². The van der Waals surface area contributed by atoms with Crippen molar-refractivity contribution in [3.63, 3.8) is 0 Å². The Morgan fingerprint density at radius 3 is 2.65 bits per heavy atom. The van der Waals surface area contributed by atoms with Crippen molar-refractivity contribution >= 4 is 29.5 Å². The van der Waals surface area contributed by atoms with Crippen LogP contribution in [0.1, 0.15) is 42.5 Å². The van der Waals surface area contributed by atoms with Gasteiger partial charge in [-0.1, -0.05) is 18.0 Å². The van der Waals surface area contributed by atoms with Crippen molar-refractivity contribution < 1.29 is 19.1 Å². The number of likely N-dealkylation sites (tertiary alicyclic amines) is 2. The van der Waals surface area contributed by atoms with Gasteiger partial charge in [0.05, 0.1) is 41.7 Å². The SMILES string of the molecule is COc1cc(N)c(Cl)cc1C(=O)N[C@H]1CCN(C(CC=O)N2CCCCC2)C[C@H]1OC. The van der Waals surface area contributed by atoms with E-state index in [9.17, 15) is 9.59 Å². The summed E-state index contributed by atoms with van der Waals surface area (Å²) in [5.74, 6) is 0.0988. The van der Waals surface area contributed by atoms with E-state index in [1.165, 1.54) is 32.4 Å². The summed E-state index contributed by atoms with van der Waals surface area (Å²) in [5.41, 5.74) is 6.52. The van der Waals surface area contributed by atoms with E-state index < -0.39 is 0 Å². The van der Waals surface area contributed by atoms with Crippen molar-refractivity contribution in [3.8, 4) is 5.75 Å². The van der Waals surface area contributed by atoms with Crippen molar-refractivity contribution in [2.24, 2.45) is 0 Å². The molecule has 3 atom stereocenters. The lowest BCUT2D eigenvalue weighted by Crippen LogP contribution is -2.60. The van der Waals surface area contributed by atoms with Gasteiger partial charge in [-0.25, -0.2) is 0 Å². The zero-order valence-corrected chi connectivity index (χ0v) is 19.1. The van der Waals surface area contributed by atoms with Gasteiger partial charge < -0.3 is 25.3 Å². The number of hydrogen-bond donors (Lipinski definition) is 2. The molecule has 2 heterocycles. The van der Waals surface area contributed by atoms with Gasteiger partial charge in [0.15, 0.2) is 0 Å². The number of amides is 1. The number of piperidine rings is 2. The number of benzene rings is 1. The third-order valence-corrected chi connectivity index (χ3v) is 6.64. The standard InChI is InChI=1S/C22H33ClN4O4/c1-30-19-13-17(24)16(23)12-15(19)22(29)25-18-6-10-27(14-20(18)31-2)21(7-11-28)26-8-4-3-5-9-26/h11-13,18,20-21H,3-10,14,24H2,1-2H3,(H,25,29)/t18-,20+,21?/m0/s1. The lowest BCUT2D eigenvalue weighted by Gasteiger charge is -2.46. The lowest BCUT2D eigenvalue weighted by molar-refractivity contribution is -0.112. The third kappa shape index (κ3) is 5.68. The first-order valence-corrected chi connectivity index (χ1v) is 11.2. The number of nitrogens with one attached hydrogen (secondary N) is 1. The van der Waals surface area contributed by atoms with Crippen LogP contribution >= 0.6 is 11.6 Å². The van der Waals surface area contributed by atoms with Gasteiger partial charge in [0.1, 0.15) is 12.0 Å². The maximum absolute atomic E-state index is 13.0. The molecule has 0 aromatic heterocycles. The summed E-state index contributed by atoms with van der Waals surface area (Å²) in [7, 11) is 3.15. The molecule has 2 aliphatic heterocycles. The van der Waals surface area contributed by atoms with Gasteiger partial charge in [0.2, 0.25) is 0 Å². The highest BCUT2D eigenvalue weighted by atomic mass is 35.5. The van der Waals surface area contributed by atoms with E-state index in [2.05, 4.69) is 15.1 Å². The second-order valence-electron chi connectivity index (χ2n) is 8.19. The van der Waals surface area contributed by atoms with Crippen molar-refractivity contribution in [2.75, 3.05) is 46.1 Å². The molecule has 9 heteroatoms. The maximum Gasteiger partial charge on any atom is 0.255 e. The van der Waals surface area contributed by atoms with Crippen molar-refractivity contribution in [3.05, 3.63) is 22.7 Å². The van der Waals surface area contributed by atoms with Crippen molar-refractivity contribution in [1.29, 1.82) is 0 Å². The van der Waals surface area contributed by atoms with E-state index in [1.807, 2.05) is 0 Å². The van der Waals surface area contributed by atoms with Gasteiger partial charge in [-0.15, -0.1) is 0 Å². The Balaban J connectivity index is 1.69. The number of nitrogen functional groups attached to an aromatic ring is 1. The fourth-order valence-corrected chi connectivity index (χ4v) is 4.77. The highest BCUT2D eigenvalue weighted by Gasteiger charge is 2.36. The number of anilines is 1. The molecule has 1 aromatic carbocycles. The Labute approximate surface area is 189 Å². The molecule has 3 rings (SSSR count). The number of aldehydes is 1. The summed E-state index contributed by atoms with van der Waals surface area (Å²) in [5, 5.41) is 3.38. The monoisotopic (exact) mass is 452 g/mol. The Kier molecular flexibility index (Phi) is 8.54. The zero-order chi connectivity index (χ0) is 22.4. The van der Waals surface area contributed by atoms with E-state index in [0.29, 0.717) is 35.0 Å². The Hall–Kier alpha value is -1.87. The number of halogens is 1. The quantitative estimate of drug-likeness (QED) is 0.460. The first-order valence-electron chi connectivity index (χ1n) is 10.9. The number of hydrogen-bond acceptors (Lipinski definition) is 7. The molecular formula is C22H33ClN4O4. The summed E-state index contributed by atoms with van der Waals surface area (Å²) in [4.78, 5) is 29.0. The topological polar surface area (TPSA) is 97.1 Å². The second kappa shape index (κ2) is 11.1. The minimum atomic E-state index is -0.278. The summed E-state index contributed by atoms with van der Waals surface area (Å²) >= 11 is 6.12. The predicted molar refractivity (Wildman–Crippen MR) is 121 cm³/mol. The molecule has 1 aromatic rings. The molecule has 172 valence electrons. The molecular weight excluding hydrogens is 420 g/mol. The molecule has 2 fully saturated rings. The average molecular weight is 453 g/mol. The maximum atomic E-state index is 13.0. The molecule has 8 nitrogen and oxygen atoms in total. The molecule has 31 heavy (non-hydrogen) atoms. The number of ether oxygens (including phenoxy) is 2. The first-order chi connectivity index (χ1) is 15.0. The van der Waals surface area contributed by atoms with E-state index >= 15 is 0 Å². The van der Waals surface area contributed by atoms with Crippen molar-refractivity contribution in [1.82, 2.24) is 15.1 Å². The molecule has 0 spiro atoms. The van der Waals surface area contributed by atoms with Gasteiger partial charge in [0.25, 0.3) is 5.91 Å². The summed E-state index contributed by atoms with van der Waals surface area (Å²) in [6.07, 6.45) is 5.69. The first kappa shape index (κ1) is 23.8. The summed E-state index contributed by atoms with van der Waals surface area (Å²) in [6.45, 7) is 3.46. The summed E-state index contributed by atoms with van der Waals surface area (Å²) in [6, 6.07) is 2.92. The third-order valence-electron chi connectivity index (χ3n) is 6.31. The normalized spacial score (nSPS) is 23.8. The average Bonchev–Trinajstić information content (AvgIpc) is 2.79. The van der Waals surface area contributed by atoms with Crippen LogP contribution in [0.5, 0.6) is 5.75 Å². The Morgan fingerprint density at radius 1 is 1.26 bits per heavy atom. The van der Waals surface area contributed by atoms with Gasteiger partial charge in [-0.2, -0.15) is 0 Å². The van der Waals surface area contributed by atoms with Crippen LogP contribution in [0.25, 0.3) is 0 Å². The number of nitrogens with two attached hydrogens (primary N) is 1. The largest absolute Gasteiger partial charge is 0.496 e. The predicted octanol–water partition coefficient (Wildman–Crippen LogP) is 2.15. The zero-order valence-electron chi connectivity index (χ0n) is 18.3. The van der Waals surface area contributed by atoms with Gasteiger partial charge in [-0.3, -0.25) is 14.6 Å². The smallest absolute Gasteiger partial charge is 0.255 e. The molecule has 1 unspecified atom stereocenters. The number of methoxy groups -OCH3 is 2. The number of carbonyl (C=O) groups is 2. The highest BCUT2D eigenvalue weighted by molar-refractivity contribution is 6.33. The number of carbonyl (C=O) groups excluding carboxylic acids is 2. The van der Waals surface area contributed by atoms with Crippen LogP contribution in [-0.2, 0) is 9.53 Å². The molecule has 0 bridgehead atoms. The van der Waals surface area contributed by atoms with E-state index in [4.69, 9.17) is 26.8 Å². The van der Waals surface area contributed by atoms with Crippen LogP contribution in [0.15, 0.2) is 12.1 Å². The van der Waals surface area contributed by atoms with Crippen LogP contribution in [0.4, 0.5) is 5.69 Å². The Morgan fingerprint density at radius 2 is 2.00 bits per heavy atom. The molecule has 2 saturated heterocycles. The summed E-state index contributed by atoms with van der Waals surface area (Å²) < 4.78 is 11.1. The molecule has 1 amide bonds. The van der Waals surface area contributed by atoms with E-state index in [-0.39, 0.29) is 24.2 Å². The van der Waals surface area contributed by atoms with Crippen LogP contribution in [0, 0.1) is 0 Å². The minimum Gasteiger partial charge on any atom is -0.496 e. The van der Waals surface area contributed by atoms with Crippen LogP contribution in [-0.4, -0.2) is 80.7 Å². The molecule has 0 saturated carbocycles. The minimum absolute atomic E-state index is 0.0862. The van der Waals surface area contributed by atoms with Crippen LogP contribution in [0.2, 0.25) is 5.02 Å². The Bertz CT molecular complexity index is 772. The van der Waals surface area contributed by atoms with Gasteiger partial charge >= 0.3 is 0 Å². The fraction of sp³-hybridized carbons (Fsp3) is 0.636. The van der Waals surface area contributed by atoms with Crippen LogP contribution in [0.3, 0.4) is 0 Å². The number of nitrogens with zero attached hydrogens (tertiary/aromatic N) is 2. The second-order valence-corrected chi connectivity index (χ2v) is 8.60. The number of rotatable bonds is 8. The molecule has 2 aliphatic rings.